The van der Waals surface area contributed by atoms with E-state index < -0.39 is 11.7 Å². The molecule has 4 aromatic rings. The lowest BCUT2D eigenvalue weighted by Crippen LogP contribution is -2.45. The van der Waals surface area contributed by atoms with Gasteiger partial charge in [0.1, 0.15) is 17.0 Å². The zero-order valence-corrected chi connectivity index (χ0v) is 18.5. The minimum atomic E-state index is -0.539. The van der Waals surface area contributed by atoms with Gasteiger partial charge in [0.05, 0.1) is 5.39 Å². The predicted octanol–water partition coefficient (Wildman–Crippen LogP) is 3.99. The van der Waals surface area contributed by atoms with Gasteiger partial charge in [-0.1, -0.05) is 12.1 Å². The summed E-state index contributed by atoms with van der Waals surface area (Å²) in [6.07, 6.45) is 1.45. The first-order valence-electron chi connectivity index (χ1n) is 11.2. The Kier molecular flexibility index (Phi) is 5.75. The molecule has 174 valence electrons. The van der Waals surface area contributed by atoms with Crippen LogP contribution in [-0.2, 0) is 0 Å². The van der Waals surface area contributed by atoms with Crippen molar-refractivity contribution >= 4 is 27.8 Å². The molecule has 0 radical (unpaired) electrons. The Morgan fingerprint density at radius 2 is 1.76 bits per heavy atom. The van der Waals surface area contributed by atoms with Crippen molar-refractivity contribution in [2.75, 3.05) is 13.1 Å². The summed E-state index contributed by atoms with van der Waals surface area (Å²) in [6, 6.07) is 13.9. The van der Waals surface area contributed by atoms with E-state index >= 15 is 0 Å². The lowest BCUT2D eigenvalue weighted by Gasteiger charge is -2.36. The van der Waals surface area contributed by atoms with Crippen molar-refractivity contribution in [1.82, 2.24) is 10.2 Å². The van der Waals surface area contributed by atoms with E-state index in [1.165, 1.54) is 18.2 Å². The number of rotatable bonds is 4. The van der Waals surface area contributed by atoms with E-state index in [-0.39, 0.29) is 39.9 Å². The van der Waals surface area contributed by atoms with Crippen molar-refractivity contribution < 1.29 is 18.0 Å². The van der Waals surface area contributed by atoms with E-state index in [2.05, 4.69) is 17.1 Å². The number of hydrogen-bond acceptors (Lipinski definition) is 6. The Labute approximate surface area is 193 Å². The van der Waals surface area contributed by atoms with E-state index in [0.29, 0.717) is 5.58 Å². The van der Waals surface area contributed by atoms with Gasteiger partial charge in [-0.25, -0.2) is 9.18 Å². The van der Waals surface area contributed by atoms with Crippen LogP contribution >= 0.6 is 0 Å². The molecule has 1 N–H and O–H groups in total. The average Bonchev–Trinajstić information content (AvgIpc) is 2.83. The van der Waals surface area contributed by atoms with Gasteiger partial charge in [-0.3, -0.25) is 14.5 Å². The fourth-order valence-electron chi connectivity index (χ4n) is 4.48. The van der Waals surface area contributed by atoms with Crippen LogP contribution in [0, 0.1) is 5.82 Å². The Morgan fingerprint density at radius 3 is 2.56 bits per heavy atom. The molecule has 0 saturated carbocycles. The summed E-state index contributed by atoms with van der Waals surface area (Å²) in [5, 5.41) is 4.03. The van der Waals surface area contributed by atoms with Crippen LogP contribution in [0.5, 0.6) is 0 Å². The summed E-state index contributed by atoms with van der Waals surface area (Å²) >= 11 is 0. The highest BCUT2D eigenvalue weighted by atomic mass is 19.1. The molecule has 8 heteroatoms. The molecule has 5 rings (SSSR count). The van der Waals surface area contributed by atoms with Crippen LogP contribution in [0.15, 0.2) is 73.0 Å². The van der Waals surface area contributed by atoms with E-state index in [1.807, 2.05) is 18.2 Å². The third-order valence-corrected chi connectivity index (χ3v) is 6.46. The van der Waals surface area contributed by atoms with Crippen LogP contribution in [-0.4, -0.2) is 29.9 Å². The smallest absolute Gasteiger partial charge is 0.336 e. The molecule has 2 aromatic carbocycles. The quantitative estimate of drug-likeness (QED) is 0.461. The van der Waals surface area contributed by atoms with Crippen LogP contribution in [0.1, 0.15) is 41.9 Å². The van der Waals surface area contributed by atoms with Gasteiger partial charge >= 0.3 is 5.63 Å². The van der Waals surface area contributed by atoms with Gasteiger partial charge in [-0.05, 0) is 49.6 Å². The summed E-state index contributed by atoms with van der Waals surface area (Å²) in [5.41, 5.74) is 0.903. The van der Waals surface area contributed by atoms with Crippen molar-refractivity contribution in [3.8, 4) is 0 Å². The van der Waals surface area contributed by atoms with Gasteiger partial charge in [-0.2, -0.15) is 0 Å². The number of halogens is 1. The molecule has 1 aliphatic rings. The molecule has 7 nitrogen and oxygen atoms in total. The Hall–Kier alpha value is -3.78. The lowest BCUT2D eigenvalue weighted by atomic mass is 9.99. The highest BCUT2D eigenvalue weighted by Crippen LogP contribution is 2.27. The number of carbonyl (C=O) groups excluding carboxylic acids is 1. The summed E-state index contributed by atoms with van der Waals surface area (Å²) < 4.78 is 24.3. The van der Waals surface area contributed by atoms with Gasteiger partial charge < -0.3 is 14.2 Å². The monoisotopic (exact) mass is 462 g/mol. The first kappa shape index (κ1) is 22.0. The number of benzene rings is 2. The van der Waals surface area contributed by atoms with E-state index in [1.54, 1.807) is 6.07 Å². The van der Waals surface area contributed by atoms with Crippen molar-refractivity contribution in [2.24, 2.45) is 0 Å². The highest BCUT2D eigenvalue weighted by molar-refractivity contribution is 5.93. The maximum atomic E-state index is 13.5. The molecule has 1 saturated heterocycles. The number of nitrogens with one attached hydrogen (secondary N) is 1. The molecule has 1 unspecified atom stereocenters. The Morgan fingerprint density at radius 1 is 1.00 bits per heavy atom. The van der Waals surface area contributed by atoms with Gasteiger partial charge in [-0.15, -0.1) is 0 Å². The summed E-state index contributed by atoms with van der Waals surface area (Å²) in [5.74, 6) is -1.15. The van der Waals surface area contributed by atoms with Gasteiger partial charge in [0, 0.05) is 48.8 Å². The molecule has 0 bridgehead atoms. The molecule has 1 aliphatic heterocycles. The molecule has 3 heterocycles. The minimum absolute atomic E-state index is 0.0486. The molecule has 1 atom stereocenters. The number of likely N-dealkylation sites (tertiary alicyclic amines) is 1. The summed E-state index contributed by atoms with van der Waals surface area (Å²) in [6.45, 7) is 3.62. The van der Waals surface area contributed by atoms with Gasteiger partial charge in [0.25, 0.3) is 5.91 Å². The standard InChI is InChI=1S/C26H23FN2O5/c1-15(17-3-2-16-4-7-25(31)34-22(16)12-17)29-10-8-19(9-11-29)28-26(32)24-14-21(30)20-6-5-18(27)13-23(20)33-24/h2-7,12-15,19H,8-11H2,1H3,(H,28,32). The number of carbonyl (C=O) groups is 1. The van der Waals surface area contributed by atoms with Crippen LogP contribution in [0.4, 0.5) is 4.39 Å². The number of fused-ring (bicyclic) bond motifs is 2. The van der Waals surface area contributed by atoms with Crippen molar-refractivity contribution in [2.45, 2.75) is 31.8 Å². The van der Waals surface area contributed by atoms with Crippen molar-refractivity contribution in [1.29, 1.82) is 0 Å². The van der Waals surface area contributed by atoms with Gasteiger partial charge in [0.15, 0.2) is 11.2 Å². The molecule has 0 spiro atoms. The molecule has 2 aromatic heterocycles. The Balaban J connectivity index is 1.24. The second-order valence-corrected chi connectivity index (χ2v) is 8.63. The molecule has 1 amide bonds. The maximum absolute atomic E-state index is 13.5. The largest absolute Gasteiger partial charge is 0.451 e. The van der Waals surface area contributed by atoms with Crippen LogP contribution in [0.3, 0.4) is 0 Å². The third-order valence-electron chi connectivity index (χ3n) is 6.46. The number of nitrogens with zero attached hydrogens (tertiary/aromatic N) is 1. The summed E-state index contributed by atoms with van der Waals surface area (Å²) in [7, 11) is 0. The molecular formula is C26H23FN2O5. The fraction of sp³-hybridized carbons (Fsp3) is 0.269. The lowest BCUT2D eigenvalue weighted by molar-refractivity contribution is 0.0869. The summed E-state index contributed by atoms with van der Waals surface area (Å²) in [4.78, 5) is 38.8. The van der Waals surface area contributed by atoms with E-state index in [0.717, 1.165) is 49.0 Å². The molecule has 0 aliphatic carbocycles. The van der Waals surface area contributed by atoms with Crippen LogP contribution in [0.25, 0.3) is 21.9 Å². The first-order valence-corrected chi connectivity index (χ1v) is 11.2. The second kappa shape index (κ2) is 8.87. The zero-order chi connectivity index (χ0) is 23.8. The number of piperidine rings is 1. The SMILES string of the molecule is CC(c1ccc2ccc(=O)oc2c1)N1CCC(NC(=O)c2cc(=O)c3ccc(F)cc3o2)CC1. The Bertz CT molecular complexity index is 1500. The first-order chi connectivity index (χ1) is 16.4. The highest BCUT2D eigenvalue weighted by Gasteiger charge is 2.26. The molecular weight excluding hydrogens is 439 g/mol. The maximum Gasteiger partial charge on any atom is 0.336 e. The van der Waals surface area contributed by atoms with Crippen LogP contribution < -0.4 is 16.4 Å². The normalized spacial score (nSPS) is 16.1. The number of amides is 1. The molecule has 1 fully saturated rings. The van der Waals surface area contributed by atoms with E-state index in [4.69, 9.17) is 8.83 Å². The molecule has 34 heavy (non-hydrogen) atoms. The predicted molar refractivity (Wildman–Crippen MR) is 125 cm³/mol. The van der Waals surface area contributed by atoms with Crippen molar-refractivity contribution in [3.63, 3.8) is 0 Å². The minimum Gasteiger partial charge on any atom is -0.451 e. The van der Waals surface area contributed by atoms with Gasteiger partial charge in [0.2, 0.25) is 0 Å². The van der Waals surface area contributed by atoms with Crippen molar-refractivity contribution in [3.05, 3.63) is 92.4 Å². The zero-order valence-electron chi connectivity index (χ0n) is 18.5. The number of hydrogen-bond donors (Lipinski definition) is 1. The fourth-order valence-corrected chi connectivity index (χ4v) is 4.48. The second-order valence-electron chi connectivity index (χ2n) is 8.63. The average molecular weight is 462 g/mol. The topological polar surface area (TPSA) is 92.8 Å². The van der Waals surface area contributed by atoms with E-state index in [9.17, 15) is 18.8 Å². The third kappa shape index (κ3) is 4.36. The van der Waals surface area contributed by atoms with Crippen LogP contribution in [0.2, 0.25) is 0 Å².